The molecule has 1 aromatic carbocycles. The summed E-state index contributed by atoms with van der Waals surface area (Å²) >= 11 is 0. The van der Waals surface area contributed by atoms with E-state index >= 15 is 0 Å². The highest BCUT2D eigenvalue weighted by atomic mass is 16.6. The summed E-state index contributed by atoms with van der Waals surface area (Å²) in [5.74, 6) is 0. The predicted molar refractivity (Wildman–Crippen MR) is 56.0 cm³/mol. The first-order valence-electron chi connectivity index (χ1n) is 4.73. The number of hydrogen-bond donors (Lipinski definition) is 1. The normalized spacial score (nSPS) is 15.4. The number of anilines is 1. The van der Waals surface area contributed by atoms with Crippen LogP contribution in [0.3, 0.4) is 0 Å². The quantitative estimate of drug-likeness (QED) is 0.582. The zero-order chi connectivity index (χ0) is 11.7. The molecular formula is C10H9N3O3. The summed E-state index contributed by atoms with van der Waals surface area (Å²) in [4.78, 5) is 12.0. The second-order valence-electron chi connectivity index (χ2n) is 3.63. The minimum atomic E-state index is -0.513. The molecule has 0 aliphatic carbocycles. The van der Waals surface area contributed by atoms with Gasteiger partial charge in [-0.3, -0.25) is 10.1 Å². The van der Waals surface area contributed by atoms with Gasteiger partial charge in [-0.15, -0.1) is 0 Å². The zero-order valence-electron chi connectivity index (χ0n) is 8.33. The average Bonchev–Trinajstić information content (AvgIpc) is 2.24. The van der Waals surface area contributed by atoms with Crippen LogP contribution < -0.4 is 4.90 Å². The summed E-state index contributed by atoms with van der Waals surface area (Å²) in [6.07, 6.45) is -0.421. The standard InChI is InChI=1S/C10H9N3O3/c11-4-7-1-2-9(10(3-7)13(15)16)12-5-8(14)6-12/h1-3,8,14H,5-6H2. The highest BCUT2D eigenvalue weighted by Crippen LogP contribution is 2.31. The third kappa shape index (κ3) is 1.68. The minimum absolute atomic E-state index is 0.0917. The lowest BCUT2D eigenvalue weighted by atomic mass is 10.1. The fourth-order valence-electron chi connectivity index (χ4n) is 1.66. The fourth-order valence-corrected chi connectivity index (χ4v) is 1.66. The Hall–Kier alpha value is -2.13. The van der Waals surface area contributed by atoms with Gasteiger partial charge in [-0.2, -0.15) is 5.26 Å². The number of hydrogen-bond acceptors (Lipinski definition) is 5. The van der Waals surface area contributed by atoms with Gasteiger partial charge in [-0.1, -0.05) is 0 Å². The molecule has 0 bridgehead atoms. The van der Waals surface area contributed by atoms with E-state index in [0.29, 0.717) is 18.8 Å². The van der Waals surface area contributed by atoms with Crippen LogP contribution in [-0.2, 0) is 0 Å². The molecule has 16 heavy (non-hydrogen) atoms. The van der Waals surface area contributed by atoms with Crippen molar-refractivity contribution in [3.05, 3.63) is 33.9 Å². The van der Waals surface area contributed by atoms with Gasteiger partial charge >= 0.3 is 0 Å². The van der Waals surface area contributed by atoms with Crippen LogP contribution in [0.5, 0.6) is 0 Å². The van der Waals surface area contributed by atoms with Crippen LogP contribution in [0.15, 0.2) is 18.2 Å². The van der Waals surface area contributed by atoms with E-state index in [1.54, 1.807) is 11.0 Å². The average molecular weight is 219 g/mol. The lowest BCUT2D eigenvalue weighted by Crippen LogP contribution is -2.51. The lowest BCUT2D eigenvalue weighted by Gasteiger charge is -2.37. The molecule has 1 fully saturated rings. The molecular weight excluding hydrogens is 210 g/mol. The lowest BCUT2D eigenvalue weighted by molar-refractivity contribution is -0.384. The molecule has 0 saturated carbocycles. The second-order valence-corrected chi connectivity index (χ2v) is 3.63. The third-order valence-electron chi connectivity index (χ3n) is 2.50. The topological polar surface area (TPSA) is 90.4 Å². The van der Waals surface area contributed by atoms with Gasteiger partial charge in [-0.25, -0.2) is 0 Å². The number of aliphatic hydroxyl groups is 1. The summed E-state index contributed by atoms with van der Waals surface area (Å²) in [6, 6.07) is 6.19. The SMILES string of the molecule is N#Cc1ccc(N2CC(O)C2)c([N+](=O)[O-])c1. The first-order chi connectivity index (χ1) is 7.61. The van der Waals surface area contributed by atoms with Crippen molar-refractivity contribution in [2.45, 2.75) is 6.10 Å². The molecule has 1 heterocycles. The molecule has 6 heteroatoms. The smallest absolute Gasteiger partial charge is 0.293 e. The molecule has 0 amide bonds. The van der Waals surface area contributed by atoms with E-state index in [2.05, 4.69) is 0 Å². The molecule has 0 aromatic heterocycles. The number of nitro benzene ring substituents is 1. The van der Waals surface area contributed by atoms with Gasteiger partial charge in [0.2, 0.25) is 0 Å². The van der Waals surface area contributed by atoms with Crippen LogP contribution >= 0.6 is 0 Å². The number of nitrogens with zero attached hydrogens (tertiary/aromatic N) is 3. The Bertz CT molecular complexity index is 475. The molecule has 2 rings (SSSR count). The van der Waals surface area contributed by atoms with Crippen LogP contribution in [0.1, 0.15) is 5.56 Å². The molecule has 1 N–H and O–H groups in total. The summed E-state index contributed by atoms with van der Waals surface area (Å²) in [6.45, 7) is 0.791. The molecule has 1 saturated heterocycles. The van der Waals surface area contributed by atoms with Crippen molar-refractivity contribution in [3.8, 4) is 6.07 Å². The van der Waals surface area contributed by atoms with Crippen molar-refractivity contribution in [2.75, 3.05) is 18.0 Å². The Kier molecular flexibility index (Phi) is 2.46. The second kappa shape index (κ2) is 3.79. The van der Waals surface area contributed by atoms with Gasteiger partial charge in [0.15, 0.2) is 0 Å². The predicted octanol–water partition coefficient (Wildman–Crippen LogP) is 0.647. The maximum absolute atomic E-state index is 10.8. The van der Waals surface area contributed by atoms with E-state index in [1.807, 2.05) is 6.07 Å². The Morgan fingerprint density at radius 3 is 2.75 bits per heavy atom. The Morgan fingerprint density at radius 1 is 1.56 bits per heavy atom. The first-order valence-corrected chi connectivity index (χ1v) is 4.73. The number of benzene rings is 1. The van der Waals surface area contributed by atoms with E-state index in [1.165, 1.54) is 12.1 Å². The van der Waals surface area contributed by atoms with E-state index in [4.69, 9.17) is 10.4 Å². The maximum Gasteiger partial charge on any atom is 0.293 e. The summed E-state index contributed by atoms with van der Waals surface area (Å²) < 4.78 is 0. The third-order valence-corrected chi connectivity index (χ3v) is 2.50. The zero-order valence-corrected chi connectivity index (χ0v) is 8.33. The van der Waals surface area contributed by atoms with Crippen molar-refractivity contribution in [2.24, 2.45) is 0 Å². The highest BCUT2D eigenvalue weighted by molar-refractivity contribution is 5.66. The van der Waals surface area contributed by atoms with Gasteiger partial charge in [0.05, 0.1) is 22.7 Å². The Labute approximate surface area is 91.5 Å². The monoisotopic (exact) mass is 219 g/mol. The molecule has 82 valence electrons. The Balaban J connectivity index is 2.38. The molecule has 0 spiro atoms. The van der Waals surface area contributed by atoms with E-state index < -0.39 is 11.0 Å². The minimum Gasteiger partial charge on any atom is -0.389 e. The summed E-state index contributed by atoms with van der Waals surface area (Å²) in [5.41, 5.74) is 0.622. The molecule has 1 aromatic rings. The van der Waals surface area contributed by atoms with Gasteiger partial charge < -0.3 is 10.0 Å². The van der Waals surface area contributed by atoms with Crippen LogP contribution in [-0.4, -0.2) is 29.2 Å². The van der Waals surface area contributed by atoms with Gasteiger partial charge in [0.25, 0.3) is 5.69 Å². The first kappa shape index (κ1) is 10.4. The van der Waals surface area contributed by atoms with E-state index in [0.717, 1.165) is 0 Å². The van der Waals surface area contributed by atoms with Crippen LogP contribution in [0.2, 0.25) is 0 Å². The number of aliphatic hydroxyl groups excluding tert-OH is 1. The van der Waals surface area contributed by atoms with Crippen molar-refractivity contribution in [1.29, 1.82) is 5.26 Å². The van der Waals surface area contributed by atoms with Crippen molar-refractivity contribution < 1.29 is 10.0 Å². The molecule has 0 radical (unpaired) electrons. The number of rotatable bonds is 2. The maximum atomic E-state index is 10.8. The number of nitro groups is 1. The highest BCUT2D eigenvalue weighted by Gasteiger charge is 2.29. The molecule has 1 aliphatic rings. The number of nitriles is 1. The molecule has 0 atom stereocenters. The summed E-state index contributed by atoms with van der Waals surface area (Å²) in [5, 5.41) is 28.6. The molecule has 6 nitrogen and oxygen atoms in total. The largest absolute Gasteiger partial charge is 0.389 e. The van der Waals surface area contributed by atoms with Crippen LogP contribution in [0.25, 0.3) is 0 Å². The van der Waals surface area contributed by atoms with Gasteiger partial charge in [0.1, 0.15) is 5.69 Å². The Morgan fingerprint density at radius 2 is 2.25 bits per heavy atom. The van der Waals surface area contributed by atoms with E-state index in [-0.39, 0.29) is 11.3 Å². The van der Waals surface area contributed by atoms with Gasteiger partial charge in [-0.05, 0) is 12.1 Å². The summed E-state index contributed by atoms with van der Waals surface area (Å²) in [7, 11) is 0. The van der Waals surface area contributed by atoms with Crippen molar-refractivity contribution in [1.82, 2.24) is 0 Å². The van der Waals surface area contributed by atoms with Crippen molar-refractivity contribution >= 4 is 11.4 Å². The molecule has 0 unspecified atom stereocenters. The van der Waals surface area contributed by atoms with E-state index in [9.17, 15) is 10.1 Å². The fraction of sp³-hybridized carbons (Fsp3) is 0.300. The van der Waals surface area contributed by atoms with Gasteiger partial charge in [0, 0.05) is 19.2 Å². The molecule has 1 aliphatic heterocycles. The van der Waals surface area contributed by atoms with Crippen molar-refractivity contribution in [3.63, 3.8) is 0 Å². The van der Waals surface area contributed by atoms with Crippen LogP contribution in [0.4, 0.5) is 11.4 Å². The number of β-amino-alcohol motifs (C(OH)–C–C–N with tert-alkyl or cyclic N) is 1. The van der Waals surface area contributed by atoms with Crippen LogP contribution in [0, 0.1) is 21.4 Å².